The molecule has 0 radical (unpaired) electrons. The highest BCUT2D eigenvalue weighted by atomic mass is 16.5. The lowest BCUT2D eigenvalue weighted by molar-refractivity contribution is -0.136. The molecule has 1 fully saturated rings. The van der Waals surface area contributed by atoms with Crippen LogP contribution in [0, 0.1) is 0 Å². The summed E-state index contributed by atoms with van der Waals surface area (Å²) in [4.78, 5) is 35.6. The Morgan fingerprint density at radius 1 is 1.38 bits per heavy atom. The van der Waals surface area contributed by atoms with Gasteiger partial charge in [-0.3, -0.25) is 14.5 Å². The molecule has 0 spiro atoms. The van der Waals surface area contributed by atoms with Crippen LogP contribution >= 0.6 is 0 Å². The third kappa shape index (κ3) is 3.47. The summed E-state index contributed by atoms with van der Waals surface area (Å²) in [6, 6.07) is 7.07. The monoisotopic (exact) mass is 330 g/mol. The molecule has 0 unspecified atom stereocenters. The van der Waals surface area contributed by atoms with Gasteiger partial charge in [-0.05, 0) is 26.1 Å². The quantitative estimate of drug-likeness (QED) is 0.896. The first-order valence-electron chi connectivity index (χ1n) is 8.11. The summed E-state index contributed by atoms with van der Waals surface area (Å²) in [7, 11) is 1.86. The summed E-state index contributed by atoms with van der Waals surface area (Å²) in [5, 5.41) is 0.570. The van der Waals surface area contributed by atoms with Crippen molar-refractivity contribution in [3.8, 4) is 0 Å². The second-order valence-corrected chi connectivity index (χ2v) is 6.05. The first kappa shape index (κ1) is 16.6. The second kappa shape index (κ2) is 7.11. The van der Waals surface area contributed by atoms with Gasteiger partial charge < -0.3 is 14.6 Å². The van der Waals surface area contributed by atoms with Gasteiger partial charge in [0.05, 0.1) is 36.7 Å². The Labute approximate surface area is 140 Å². The molecule has 1 aliphatic heterocycles. The standard InChI is InChI=1S/C17H22N4O3/c1-12(20(2)11-15(22)21-7-9-24-10-8-21)16-18-14-6-4-3-5-13(14)17(23)19-16/h3-6,12H,7-11H2,1-2H3,(H,18,19,23)/t12-/m1/s1. The maximum absolute atomic E-state index is 12.4. The minimum atomic E-state index is -0.174. The number of carbonyl (C=O) groups is 1. The zero-order valence-electron chi connectivity index (χ0n) is 14.0. The van der Waals surface area contributed by atoms with Crippen LogP contribution in [-0.2, 0) is 9.53 Å². The Morgan fingerprint density at radius 3 is 2.83 bits per heavy atom. The number of carbonyl (C=O) groups excluding carboxylic acids is 1. The van der Waals surface area contributed by atoms with E-state index in [0.717, 1.165) is 0 Å². The summed E-state index contributed by atoms with van der Waals surface area (Å²) in [5.41, 5.74) is 0.506. The summed E-state index contributed by atoms with van der Waals surface area (Å²) in [5.74, 6) is 0.631. The van der Waals surface area contributed by atoms with Crippen molar-refractivity contribution in [3.63, 3.8) is 0 Å². The number of benzene rings is 1. The number of nitrogens with one attached hydrogen (secondary N) is 1. The Balaban J connectivity index is 1.74. The average molecular weight is 330 g/mol. The highest BCUT2D eigenvalue weighted by Crippen LogP contribution is 2.16. The number of H-pyrrole nitrogens is 1. The number of amides is 1. The number of morpholine rings is 1. The highest BCUT2D eigenvalue weighted by molar-refractivity contribution is 5.78. The van der Waals surface area contributed by atoms with Crippen LogP contribution in [0.1, 0.15) is 18.8 Å². The number of hydrogen-bond acceptors (Lipinski definition) is 5. The fourth-order valence-corrected chi connectivity index (χ4v) is 2.77. The van der Waals surface area contributed by atoms with Gasteiger partial charge >= 0.3 is 0 Å². The molecule has 128 valence electrons. The topological polar surface area (TPSA) is 78.5 Å². The van der Waals surface area contributed by atoms with E-state index in [1.165, 1.54) is 0 Å². The number of likely N-dealkylation sites (N-methyl/N-ethyl adjacent to an activating group) is 1. The molecule has 1 atom stereocenters. The van der Waals surface area contributed by atoms with E-state index in [9.17, 15) is 9.59 Å². The van der Waals surface area contributed by atoms with Gasteiger partial charge in [0, 0.05) is 13.1 Å². The number of fused-ring (bicyclic) bond motifs is 1. The van der Waals surface area contributed by atoms with Crippen LogP contribution in [0.25, 0.3) is 10.9 Å². The molecule has 1 aromatic heterocycles. The van der Waals surface area contributed by atoms with E-state index in [4.69, 9.17) is 4.74 Å². The lowest BCUT2D eigenvalue weighted by Gasteiger charge is -2.30. The molecule has 1 aliphatic rings. The summed E-state index contributed by atoms with van der Waals surface area (Å²) in [6.45, 7) is 4.64. The maximum atomic E-state index is 12.4. The molecule has 1 saturated heterocycles. The van der Waals surface area contributed by atoms with Crippen LogP contribution in [0.2, 0.25) is 0 Å². The number of nitrogens with zero attached hydrogens (tertiary/aromatic N) is 3. The molecule has 0 saturated carbocycles. The SMILES string of the molecule is C[C@H](c1nc2ccccc2c(=O)[nH]1)N(C)CC(=O)N1CCOCC1. The third-order valence-electron chi connectivity index (χ3n) is 4.44. The number of ether oxygens (including phenoxy) is 1. The number of aromatic amines is 1. The van der Waals surface area contributed by atoms with Crippen molar-refractivity contribution in [1.82, 2.24) is 19.8 Å². The van der Waals surface area contributed by atoms with Gasteiger partial charge in [0.1, 0.15) is 5.82 Å². The first-order chi connectivity index (χ1) is 11.6. The van der Waals surface area contributed by atoms with E-state index >= 15 is 0 Å². The molecule has 7 nitrogen and oxygen atoms in total. The van der Waals surface area contributed by atoms with Crippen LogP contribution in [0.4, 0.5) is 0 Å². The number of aromatic nitrogens is 2. The first-order valence-corrected chi connectivity index (χ1v) is 8.11. The van der Waals surface area contributed by atoms with E-state index in [0.29, 0.717) is 43.0 Å². The van der Waals surface area contributed by atoms with Gasteiger partial charge in [-0.25, -0.2) is 4.98 Å². The highest BCUT2D eigenvalue weighted by Gasteiger charge is 2.22. The van der Waals surface area contributed by atoms with Crippen molar-refractivity contribution in [2.24, 2.45) is 0 Å². The summed E-state index contributed by atoms with van der Waals surface area (Å²) >= 11 is 0. The lowest BCUT2D eigenvalue weighted by atomic mass is 10.2. The third-order valence-corrected chi connectivity index (χ3v) is 4.44. The van der Waals surface area contributed by atoms with Crippen molar-refractivity contribution < 1.29 is 9.53 Å². The van der Waals surface area contributed by atoms with Crippen molar-refractivity contribution in [2.75, 3.05) is 39.9 Å². The van der Waals surface area contributed by atoms with E-state index in [1.54, 1.807) is 6.07 Å². The van der Waals surface area contributed by atoms with E-state index in [-0.39, 0.29) is 24.1 Å². The van der Waals surface area contributed by atoms with Gasteiger partial charge in [0.15, 0.2) is 0 Å². The van der Waals surface area contributed by atoms with Crippen LogP contribution < -0.4 is 5.56 Å². The second-order valence-electron chi connectivity index (χ2n) is 6.05. The van der Waals surface area contributed by atoms with Gasteiger partial charge in [-0.2, -0.15) is 0 Å². The molecule has 1 aromatic carbocycles. The van der Waals surface area contributed by atoms with Crippen molar-refractivity contribution in [1.29, 1.82) is 0 Å². The largest absolute Gasteiger partial charge is 0.378 e. The zero-order valence-corrected chi connectivity index (χ0v) is 14.0. The average Bonchev–Trinajstić information content (AvgIpc) is 2.61. The van der Waals surface area contributed by atoms with E-state index in [1.807, 2.05) is 42.0 Å². The normalized spacial score (nSPS) is 16.5. The number of rotatable bonds is 4. The van der Waals surface area contributed by atoms with Crippen molar-refractivity contribution in [3.05, 3.63) is 40.4 Å². The van der Waals surface area contributed by atoms with Crippen LogP contribution in [-0.4, -0.2) is 65.6 Å². The van der Waals surface area contributed by atoms with E-state index < -0.39 is 0 Å². The van der Waals surface area contributed by atoms with Crippen molar-refractivity contribution in [2.45, 2.75) is 13.0 Å². The Kier molecular flexibility index (Phi) is 4.92. The minimum Gasteiger partial charge on any atom is -0.378 e. The van der Waals surface area contributed by atoms with E-state index in [2.05, 4.69) is 9.97 Å². The van der Waals surface area contributed by atoms with Gasteiger partial charge in [-0.1, -0.05) is 12.1 Å². The molecule has 7 heteroatoms. The van der Waals surface area contributed by atoms with Gasteiger partial charge in [0.25, 0.3) is 5.56 Å². The van der Waals surface area contributed by atoms with Crippen LogP contribution in [0.15, 0.2) is 29.1 Å². The molecule has 3 rings (SSSR count). The zero-order chi connectivity index (χ0) is 17.1. The molecular formula is C17H22N4O3. The molecular weight excluding hydrogens is 308 g/mol. The fourth-order valence-electron chi connectivity index (χ4n) is 2.77. The summed E-state index contributed by atoms with van der Waals surface area (Å²) < 4.78 is 5.27. The molecule has 1 amide bonds. The predicted molar refractivity (Wildman–Crippen MR) is 90.8 cm³/mol. The molecule has 24 heavy (non-hydrogen) atoms. The Hall–Kier alpha value is -2.25. The molecule has 0 bridgehead atoms. The Bertz CT molecular complexity index is 783. The van der Waals surface area contributed by atoms with Gasteiger partial charge in [-0.15, -0.1) is 0 Å². The predicted octanol–water partition coefficient (Wildman–Crippen LogP) is 0.775. The van der Waals surface area contributed by atoms with Crippen molar-refractivity contribution >= 4 is 16.8 Å². The lowest BCUT2D eigenvalue weighted by Crippen LogP contribution is -2.45. The fraction of sp³-hybridized carbons (Fsp3) is 0.471. The molecule has 2 aromatic rings. The van der Waals surface area contributed by atoms with Crippen LogP contribution in [0.3, 0.4) is 0 Å². The molecule has 1 N–H and O–H groups in total. The van der Waals surface area contributed by atoms with Crippen LogP contribution in [0.5, 0.6) is 0 Å². The maximum Gasteiger partial charge on any atom is 0.258 e. The number of para-hydroxylation sites is 1. The molecule has 2 heterocycles. The molecule has 0 aliphatic carbocycles. The number of hydrogen-bond donors (Lipinski definition) is 1. The smallest absolute Gasteiger partial charge is 0.258 e. The minimum absolute atomic E-state index is 0.0655. The summed E-state index contributed by atoms with van der Waals surface area (Å²) in [6.07, 6.45) is 0. The Morgan fingerprint density at radius 2 is 2.08 bits per heavy atom. The van der Waals surface area contributed by atoms with Gasteiger partial charge in [0.2, 0.25) is 5.91 Å².